The van der Waals surface area contributed by atoms with Gasteiger partial charge in [0.1, 0.15) is 10.3 Å². The predicted octanol–water partition coefficient (Wildman–Crippen LogP) is 4.83. The van der Waals surface area contributed by atoms with Gasteiger partial charge in [-0.1, -0.05) is 43.8 Å². The Labute approximate surface area is 149 Å². The summed E-state index contributed by atoms with van der Waals surface area (Å²) in [7, 11) is 0. The van der Waals surface area contributed by atoms with Crippen LogP contribution >= 0.6 is 23.1 Å². The van der Waals surface area contributed by atoms with E-state index in [9.17, 15) is 4.79 Å². The van der Waals surface area contributed by atoms with Crippen molar-refractivity contribution in [1.82, 2.24) is 9.55 Å². The molecule has 1 aromatic carbocycles. The molecule has 0 unspecified atom stereocenters. The first-order valence-corrected chi connectivity index (χ1v) is 10.1. The SMILES string of the molecule is CC(C)Sc1nc2c(=O)c3c(sc2n1-c1ccccc1)CCCC3. The van der Waals surface area contributed by atoms with Crippen molar-refractivity contribution in [2.45, 2.75) is 49.9 Å². The van der Waals surface area contributed by atoms with Crippen molar-refractivity contribution in [3.05, 3.63) is 51.0 Å². The van der Waals surface area contributed by atoms with Crippen LogP contribution in [0.2, 0.25) is 0 Å². The first-order chi connectivity index (χ1) is 11.6. The molecule has 24 heavy (non-hydrogen) atoms. The molecule has 0 amide bonds. The highest BCUT2D eigenvalue weighted by Crippen LogP contribution is 2.34. The lowest BCUT2D eigenvalue weighted by molar-refractivity contribution is 0.692. The van der Waals surface area contributed by atoms with Crippen molar-refractivity contribution >= 4 is 33.4 Å². The van der Waals surface area contributed by atoms with E-state index in [1.165, 1.54) is 11.3 Å². The summed E-state index contributed by atoms with van der Waals surface area (Å²) in [6.07, 6.45) is 4.23. The number of para-hydroxylation sites is 1. The number of rotatable bonds is 3. The van der Waals surface area contributed by atoms with Crippen LogP contribution in [0.5, 0.6) is 0 Å². The molecule has 2 heterocycles. The lowest BCUT2D eigenvalue weighted by Crippen LogP contribution is -2.15. The van der Waals surface area contributed by atoms with E-state index in [0.717, 1.165) is 40.5 Å². The van der Waals surface area contributed by atoms with E-state index in [-0.39, 0.29) is 5.43 Å². The standard InChI is InChI=1S/C19H20N2OS2/c1-12(2)23-19-20-16-17(22)14-10-6-7-11-15(14)24-18(16)21(19)13-8-4-3-5-9-13/h3-5,8-9,12H,6-7,10-11H2,1-2H3. The highest BCUT2D eigenvalue weighted by Gasteiger charge is 2.22. The zero-order valence-electron chi connectivity index (χ0n) is 13.9. The summed E-state index contributed by atoms with van der Waals surface area (Å²) in [5.41, 5.74) is 2.89. The quantitative estimate of drug-likeness (QED) is 0.631. The number of aryl methyl sites for hydroxylation is 1. The molecule has 0 saturated carbocycles. The Balaban J connectivity index is 2.03. The maximum atomic E-state index is 13.0. The maximum Gasteiger partial charge on any atom is 0.211 e. The zero-order chi connectivity index (χ0) is 16.7. The number of aromatic nitrogens is 2. The summed E-state index contributed by atoms with van der Waals surface area (Å²) in [6.45, 7) is 4.32. The van der Waals surface area contributed by atoms with E-state index in [0.29, 0.717) is 10.8 Å². The van der Waals surface area contributed by atoms with Crippen molar-refractivity contribution < 1.29 is 0 Å². The van der Waals surface area contributed by atoms with Gasteiger partial charge >= 0.3 is 0 Å². The second-order valence-electron chi connectivity index (χ2n) is 6.43. The number of nitrogens with zero attached hydrogens (tertiary/aromatic N) is 2. The highest BCUT2D eigenvalue weighted by molar-refractivity contribution is 7.99. The fraction of sp³-hybridized carbons (Fsp3) is 0.368. The predicted molar refractivity (Wildman–Crippen MR) is 103 cm³/mol. The van der Waals surface area contributed by atoms with Crippen LogP contribution in [0.15, 0.2) is 40.3 Å². The largest absolute Gasteiger partial charge is 0.287 e. The van der Waals surface area contributed by atoms with E-state index in [2.05, 4.69) is 30.5 Å². The molecule has 0 fully saturated rings. The molecular formula is C19H20N2OS2. The first-order valence-electron chi connectivity index (χ1n) is 8.44. The van der Waals surface area contributed by atoms with E-state index >= 15 is 0 Å². The van der Waals surface area contributed by atoms with Crippen molar-refractivity contribution in [3.63, 3.8) is 0 Å². The molecule has 4 rings (SSSR count). The van der Waals surface area contributed by atoms with Gasteiger partial charge in [-0.3, -0.25) is 9.36 Å². The summed E-state index contributed by atoms with van der Waals surface area (Å²) in [4.78, 5) is 20.0. The lowest BCUT2D eigenvalue weighted by atomic mass is 9.98. The number of hydrogen-bond acceptors (Lipinski definition) is 4. The fourth-order valence-electron chi connectivity index (χ4n) is 3.21. The molecule has 0 N–H and O–H groups in total. The van der Waals surface area contributed by atoms with Gasteiger partial charge in [0.25, 0.3) is 0 Å². The number of thioether (sulfide) groups is 1. The molecule has 3 nitrogen and oxygen atoms in total. The Bertz CT molecular complexity index is 941. The van der Waals surface area contributed by atoms with Crippen molar-refractivity contribution in [2.75, 3.05) is 0 Å². The molecular weight excluding hydrogens is 336 g/mol. The summed E-state index contributed by atoms with van der Waals surface area (Å²) >= 11 is 3.48. The minimum absolute atomic E-state index is 0.152. The van der Waals surface area contributed by atoms with Gasteiger partial charge in [0, 0.05) is 21.4 Å². The monoisotopic (exact) mass is 356 g/mol. The summed E-state index contributed by atoms with van der Waals surface area (Å²) in [5.74, 6) is 0. The second kappa shape index (κ2) is 6.37. The Morgan fingerprint density at radius 2 is 1.92 bits per heavy atom. The molecule has 2 aromatic heterocycles. The van der Waals surface area contributed by atoms with Gasteiger partial charge in [0.2, 0.25) is 5.43 Å². The number of benzene rings is 1. The van der Waals surface area contributed by atoms with E-state index in [1.807, 2.05) is 18.2 Å². The molecule has 1 aliphatic carbocycles. The van der Waals surface area contributed by atoms with Crippen molar-refractivity contribution in [3.8, 4) is 5.69 Å². The minimum atomic E-state index is 0.152. The van der Waals surface area contributed by atoms with Gasteiger partial charge in [0.05, 0.1) is 0 Å². The topological polar surface area (TPSA) is 34.9 Å². The second-order valence-corrected chi connectivity index (χ2v) is 9.05. The summed E-state index contributed by atoms with van der Waals surface area (Å²) < 4.78 is 2.17. The Hall–Kier alpha value is -1.59. The van der Waals surface area contributed by atoms with Crippen LogP contribution in [0.3, 0.4) is 0 Å². The number of hydrogen-bond donors (Lipinski definition) is 0. The van der Waals surface area contributed by atoms with Gasteiger partial charge < -0.3 is 0 Å². The van der Waals surface area contributed by atoms with Crippen LogP contribution < -0.4 is 5.43 Å². The van der Waals surface area contributed by atoms with Crippen LogP contribution in [-0.4, -0.2) is 14.8 Å². The fourth-order valence-corrected chi connectivity index (χ4v) is 5.45. The van der Waals surface area contributed by atoms with Gasteiger partial charge in [0.15, 0.2) is 5.16 Å². The molecule has 124 valence electrons. The molecule has 0 bridgehead atoms. The van der Waals surface area contributed by atoms with Gasteiger partial charge in [-0.2, -0.15) is 0 Å². The number of fused-ring (bicyclic) bond motifs is 2. The molecule has 1 aliphatic rings. The molecule has 0 saturated heterocycles. The van der Waals surface area contributed by atoms with Crippen molar-refractivity contribution in [2.24, 2.45) is 0 Å². The van der Waals surface area contributed by atoms with E-state index < -0.39 is 0 Å². The summed E-state index contributed by atoms with van der Waals surface area (Å²) in [5, 5.41) is 1.33. The van der Waals surface area contributed by atoms with Crippen LogP contribution in [0.1, 0.15) is 37.1 Å². The zero-order valence-corrected chi connectivity index (χ0v) is 15.5. The molecule has 0 atom stereocenters. The van der Waals surface area contributed by atoms with E-state index in [4.69, 9.17) is 4.98 Å². The van der Waals surface area contributed by atoms with Crippen LogP contribution in [-0.2, 0) is 12.8 Å². The summed E-state index contributed by atoms with van der Waals surface area (Å²) in [6, 6.07) is 10.3. The van der Waals surface area contributed by atoms with Gasteiger partial charge in [-0.05, 0) is 37.8 Å². The van der Waals surface area contributed by atoms with Crippen LogP contribution in [0.25, 0.3) is 16.0 Å². The van der Waals surface area contributed by atoms with Gasteiger partial charge in [-0.25, -0.2) is 4.98 Å². The highest BCUT2D eigenvalue weighted by atomic mass is 32.2. The normalized spacial score (nSPS) is 14.3. The molecule has 3 aromatic rings. The van der Waals surface area contributed by atoms with Crippen molar-refractivity contribution in [1.29, 1.82) is 0 Å². The molecule has 0 spiro atoms. The lowest BCUT2D eigenvalue weighted by Gasteiger charge is -2.14. The van der Waals surface area contributed by atoms with Crippen LogP contribution in [0.4, 0.5) is 0 Å². The average Bonchev–Trinajstić information content (AvgIpc) is 2.93. The Morgan fingerprint density at radius 3 is 2.67 bits per heavy atom. The third-order valence-corrected chi connectivity index (χ3v) is 6.51. The van der Waals surface area contributed by atoms with Gasteiger partial charge in [-0.15, -0.1) is 11.3 Å². The molecule has 5 heteroatoms. The molecule has 0 aliphatic heterocycles. The average molecular weight is 357 g/mol. The Kier molecular flexibility index (Phi) is 4.22. The maximum absolute atomic E-state index is 13.0. The number of imidazole rings is 1. The molecule has 0 radical (unpaired) electrons. The third-order valence-electron chi connectivity index (χ3n) is 4.29. The Morgan fingerprint density at radius 1 is 1.17 bits per heavy atom. The minimum Gasteiger partial charge on any atom is -0.287 e. The first kappa shape index (κ1) is 15.9. The van der Waals surface area contributed by atoms with Crippen LogP contribution in [0, 0.1) is 0 Å². The smallest absolute Gasteiger partial charge is 0.211 e. The van der Waals surface area contributed by atoms with E-state index in [1.54, 1.807) is 23.1 Å². The third kappa shape index (κ3) is 2.70.